The van der Waals surface area contributed by atoms with Gasteiger partial charge >= 0.3 is 0 Å². The highest BCUT2D eigenvalue weighted by atomic mass is 28.3. The Morgan fingerprint density at radius 2 is 1.59 bits per heavy atom. The predicted octanol–water partition coefficient (Wildman–Crippen LogP) is 7.99. The summed E-state index contributed by atoms with van der Waals surface area (Å²) in [5, 5.41) is 1.51. The molecule has 0 N–H and O–H groups in total. The van der Waals surface area contributed by atoms with Crippen LogP contribution in [0.2, 0.25) is 18.6 Å². The molecule has 1 saturated carbocycles. The Kier molecular flexibility index (Phi) is 5.99. The lowest BCUT2D eigenvalue weighted by atomic mass is 9.77. The molecule has 5 atom stereocenters. The Bertz CT molecular complexity index is 1010. The molecule has 0 radical (unpaired) electrons. The van der Waals surface area contributed by atoms with Gasteiger partial charge in [0, 0.05) is 0 Å². The van der Waals surface area contributed by atoms with Crippen molar-refractivity contribution >= 4 is 19.3 Å². The number of fused-ring (bicyclic) bond motifs is 3. The highest BCUT2D eigenvalue weighted by Gasteiger charge is 2.54. The zero-order valence-corrected chi connectivity index (χ0v) is 22.6. The minimum atomic E-state index is -1.88. The predicted molar refractivity (Wildman–Crippen MR) is 142 cm³/mol. The van der Waals surface area contributed by atoms with Gasteiger partial charge in [0.1, 0.15) is 11.4 Å². The van der Waals surface area contributed by atoms with E-state index < -0.39 is 8.07 Å². The fraction of sp³-hybridized carbons (Fsp3) is 0.533. The molecule has 1 nitrogen and oxygen atoms in total. The Hall–Kier alpha value is -1.80. The van der Waals surface area contributed by atoms with Crippen LogP contribution in [-0.2, 0) is 0 Å². The average molecular weight is 447 g/mol. The van der Waals surface area contributed by atoms with Crippen molar-refractivity contribution < 1.29 is 4.74 Å². The maximum absolute atomic E-state index is 6.74. The quantitative estimate of drug-likeness (QED) is 0.432. The van der Waals surface area contributed by atoms with Crippen molar-refractivity contribution in [1.82, 2.24) is 0 Å². The molecule has 0 saturated heterocycles. The number of ether oxygens (including phenoxy) is 1. The molecule has 1 fully saturated rings. The van der Waals surface area contributed by atoms with E-state index in [4.69, 9.17) is 4.74 Å². The normalized spacial score (nSPS) is 27.4. The second-order valence-electron chi connectivity index (χ2n) is 12.1. The van der Waals surface area contributed by atoms with Gasteiger partial charge in [-0.2, -0.15) is 0 Å². The minimum Gasteiger partial charge on any atom is -0.488 e. The van der Waals surface area contributed by atoms with Crippen molar-refractivity contribution in [2.45, 2.75) is 84.5 Å². The lowest BCUT2D eigenvalue weighted by molar-refractivity contribution is 0.130. The van der Waals surface area contributed by atoms with Gasteiger partial charge in [-0.05, 0) is 77.8 Å². The Morgan fingerprint density at radius 3 is 2.25 bits per heavy atom. The van der Waals surface area contributed by atoms with Crippen LogP contribution < -0.4 is 9.92 Å². The van der Waals surface area contributed by atoms with Crippen LogP contribution in [0.4, 0.5) is 0 Å². The van der Waals surface area contributed by atoms with Gasteiger partial charge < -0.3 is 4.74 Å². The maximum Gasteiger partial charge on any atom is 0.122 e. The first kappa shape index (κ1) is 23.4. The van der Waals surface area contributed by atoms with Gasteiger partial charge in [-0.25, -0.2) is 0 Å². The first-order valence-corrected chi connectivity index (χ1v) is 15.6. The molecule has 4 rings (SSSR count). The molecule has 0 aromatic heterocycles. The Morgan fingerprint density at radius 1 is 0.906 bits per heavy atom. The average Bonchev–Trinajstić information content (AvgIpc) is 2.98. The summed E-state index contributed by atoms with van der Waals surface area (Å²) >= 11 is 0. The van der Waals surface area contributed by atoms with E-state index in [1.54, 1.807) is 5.56 Å². The van der Waals surface area contributed by atoms with Crippen LogP contribution in [0, 0.1) is 17.8 Å². The lowest BCUT2D eigenvalue weighted by Gasteiger charge is -2.40. The van der Waals surface area contributed by atoms with Crippen LogP contribution >= 0.6 is 0 Å². The van der Waals surface area contributed by atoms with Gasteiger partial charge in [0.15, 0.2) is 0 Å². The van der Waals surface area contributed by atoms with Crippen molar-refractivity contribution in [3.63, 3.8) is 0 Å². The Balaban J connectivity index is 1.83. The smallest absolute Gasteiger partial charge is 0.122 e. The number of benzene rings is 2. The molecule has 2 aliphatic rings. The summed E-state index contributed by atoms with van der Waals surface area (Å²) in [6.07, 6.45) is 4.96. The van der Waals surface area contributed by atoms with Crippen LogP contribution in [0.3, 0.4) is 0 Å². The van der Waals surface area contributed by atoms with E-state index in [0.717, 1.165) is 0 Å². The standard InChI is InChI=1S/C30H42OSi/c1-19(2)23-15-12-16-26(28(23)31-30(5,6)7)32(8,9)29-21(4)20(3)27-24-14-11-10-13-22(24)17-18-25(27)29/h10-21,25,27,29H,1-9H3. The monoisotopic (exact) mass is 446 g/mol. The van der Waals surface area contributed by atoms with E-state index >= 15 is 0 Å². The van der Waals surface area contributed by atoms with Crippen LogP contribution in [-0.4, -0.2) is 13.7 Å². The van der Waals surface area contributed by atoms with E-state index in [1.165, 1.54) is 22.1 Å². The van der Waals surface area contributed by atoms with Crippen LogP contribution in [0.15, 0.2) is 48.5 Å². The second-order valence-corrected chi connectivity index (χ2v) is 16.8. The third-order valence-corrected chi connectivity index (χ3v) is 12.6. The fourth-order valence-electron chi connectivity index (χ4n) is 6.74. The van der Waals surface area contributed by atoms with E-state index in [9.17, 15) is 0 Å². The first-order chi connectivity index (χ1) is 14.9. The molecule has 32 heavy (non-hydrogen) atoms. The van der Waals surface area contributed by atoms with Crippen molar-refractivity contribution in [1.29, 1.82) is 0 Å². The summed E-state index contributed by atoms with van der Waals surface area (Å²) in [6.45, 7) is 21.4. The molecule has 0 amide bonds. The van der Waals surface area contributed by atoms with E-state index in [0.29, 0.717) is 35.1 Å². The Labute approximate surface area is 197 Å². The molecule has 2 heteroatoms. The van der Waals surface area contributed by atoms with Gasteiger partial charge in [0.05, 0.1) is 8.07 Å². The summed E-state index contributed by atoms with van der Waals surface area (Å²) in [4.78, 5) is 0. The molecule has 2 aliphatic carbocycles. The number of para-hydroxylation sites is 1. The fourth-order valence-corrected chi connectivity index (χ4v) is 11.3. The van der Waals surface area contributed by atoms with Crippen LogP contribution in [0.25, 0.3) is 6.08 Å². The lowest BCUT2D eigenvalue weighted by Crippen LogP contribution is -2.50. The summed E-state index contributed by atoms with van der Waals surface area (Å²) < 4.78 is 6.74. The highest BCUT2D eigenvalue weighted by molar-refractivity contribution is 6.91. The zero-order chi connectivity index (χ0) is 23.4. The summed E-state index contributed by atoms with van der Waals surface area (Å²) in [7, 11) is -1.88. The summed E-state index contributed by atoms with van der Waals surface area (Å²) in [5.74, 6) is 4.24. The van der Waals surface area contributed by atoms with E-state index in [1.807, 2.05) is 0 Å². The topological polar surface area (TPSA) is 9.23 Å². The molecule has 2 aromatic rings. The molecular formula is C30H42OSi. The largest absolute Gasteiger partial charge is 0.488 e. The number of hydrogen-bond donors (Lipinski definition) is 0. The van der Waals surface area contributed by atoms with Crippen molar-refractivity contribution in [2.75, 3.05) is 0 Å². The zero-order valence-electron chi connectivity index (χ0n) is 21.6. The highest BCUT2D eigenvalue weighted by Crippen LogP contribution is 2.60. The van der Waals surface area contributed by atoms with Crippen LogP contribution in [0.1, 0.15) is 77.0 Å². The molecule has 5 unspecified atom stereocenters. The second kappa shape index (κ2) is 8.20. The minimum absolute atomic E-state index is 0.203. The third kappa shape index (κ3) is 3.89. The number of hydrogen-bond acceptors (Lipinski definition) is 1. The molecule has 2 aromatic carbocycles. The van der Waals surface area contributed by atoms with Crippen molar-refractivity contribution in [3.05, 3.63) is 65.2 Å². The number of rotatable bonds is 4. The van der Waals surface area contributed by atoms with Gasteiger partial charge in [0.25, 0.3) is 0 Å². The summed E-state index contributed by atoms with van der Waals surface area (Å²) in [5.41, 5.74) is 4.83. The third-order valence-electron chi connectivity index (χ3n) is 8.25. The van der Waals surface area contributed by atoms with Crippen molar-refractivity contribution in [2.24, 2.45) is 17.8 Å². The van der Waals surface area contributed by atoms with Crippen LogP contribution in [0.5, 0.6) is 5.75 Å². The SMILES string of the molecule is CC(C)c1cccc([Si](C)(C)C2C(C)C(C)C3c4ccccc4C=CC32)c1OC(C)(C)C. The van der Waals surface area contributed by atoms with Gasteiger partial charge in [-0.3, -0.25) is 0 Å². The summed E-state index contributed by atoms with van der Waals surface area (Å²) in [6, 6.07) is 16.0. The molecule has 0 bridgehead atoms. The molecule has 0 spiro atoms. The van der Waals surface area contributed by atoms with E-state index in [-0.39, 0.29) is 5.60 Å². The van der Waals surface area contributed by atoms with E-state index in [2.05, 4.69) is 116 Å². The molecular weight excluding hydrogens is 404 g/mol. The van der Waals surface area contributed by atoms with Crippen molar-refractivity contribution in [3.8, 4) is 5.75 Å². The maximum atomic E-state index is 6.74. The molecule has 0 heterocycles. The first-order valence-electron chi connectivity index (χ1n) is 12.5. The molecule has 0 aliphatic heterocycles. The van der Waals surface area contributed by atoms with Gasteiger partial charge in [0.2, 0.25) is 0 Å². The number of allylic oxidation sites excluding steroid dienone is 1. The molecule has 172 valence electrons. The van der Waals surface area contributed by atoms with Gasteiger partial charge in [-0.1, -0.05) is 95.4 Å². The van der Waals surface area contributed by atoms with Gasteiger partial charge in [-0.15, -0.1) is 0 Å².